The monoisotopic (exact) mass is 336 g/mol. The van der Waals surface area contributed by atoms with Gasteiger partial charge in [-0.05, 0) is 12.8 Å². The minimum Gasteiger partial charge on any atom is -0.422 e. The lowest BCUT2D eigenvalue weighted by atomic mass is 9.90. The quantitative estimate of drug-likeness (QED) is 0.681. The number of hydrogen-bond donors (Lipinski definition) is 0. The summed E-state index contributed by atoms with van der Waals surface area (Å²) in [5.74, 6) is 1.59. The number of piperidine rings is 1. The number of Topliss-reactive ketones (excluding diaryl/α,β-unsaturated/α-hetero) is 1. The Labute approximate surface area is 145 Å². The van der Waals surface area contributed by atoms with Crippen molar-refractivity contribution >= 4 is 22.8 Å². The molecular formula is C19H20N4O2. The van der Waals surface area contributed by atoms with Gasteiger partial charge in [-0.3, -0.25) is 4.79 Å². The first-order chi connectivity index (χ1) is 12.3. The molecule has 1 unspecified atom stereocenters. The Balaban J connectivity index is 1.61. The normalized spacial score (nSPS) is 17.8. The number of aryl methyl sites for hydroxylation is 1. The Morgan fingerprint density at radius 1 is 1.28 bits per heavy atom. The highest BCUT2D eigenvalue weighted by atomic mass is 16.4. The first-order valence-corrected chi connectivity index (χ1v) is 8.71. The summed E-state index contributed by atoms with van der Waals surface area (Å²) in [7, 11) is 0. The molecule has 0 saturated carbocycles. The third-order valence-corrected chi connectivity index (χ3v) is 4.67. The number of oxazole rings is 1. The van der Waals surface area contributed by atoms with E-state index in [1.807, 2.05) is 37.3 Å². The number of benzene rings is 1. The van der Waals surface area contributed by atoms with Crippen LogP contribution in [-0.4, -0.2) is 33.8 Å². The fourth-order valence-electron chi connectivity index (χ4n) is 3.39. The second-order valence-corrected chi connectivity index (χ2v) is 6.33. The van der Waals surface area contributed by atoms with Crippen LogP contribution in [0.5, 0.6) is 0 Å². The largest absolute Gasteiger partial charge is 0.422 e. The molecule has 25 heavy (non-hydrogen) atoms. The average molecular weight is 336 g/mol. The summed E-state index contributed by atoms with van der Waals surface area (Å²) in [6, 6.07) is 9.51. The van der Waals surface area contributed by atoms with Gasteiger partial charge in [-0.2, -0.15) is 4.98 Å². The van der Waals surface area contributed by atoms with Gasteiger partial charge in [0, 0.05) is 31.0 Å². The number of carbonyl (C=O) groups is 1. The lowest BCUT2D eigenvalue weighted by Crippen LogP contribution is -2.39. The SMILES string of the molecule is CCc1nc2c(N3CCCC(C(=O)c4ccccc4)C3)ncnc2o1. The van der Waals surface area contributed by atoms with Gasteiger partial charge >= 0.3 is 0 Å². The van der Waals surface area contributed by atoms with E-state index in [1.54, 1.807) is 0 Å². The molecule has 3 heterocycles. The van der Waals surface area contributed by atoms with Gasteiger partial charge in [0.25, 0.3) is 5.71 Å². The van der Waals surface area contributed by atoms with Gasteiger partial charge in [0.05, 0.1) is 0 Å². The predicted molar refractivity (Wildman–Crippen MR) is 94.7 cm³/mol. The maximum atomic E-state index is 12.8. The van der Waals surface area contributed by atoms with Crippen molar-refractivity contribution < 1.29 is 9.21 Å². The molecule has 4 rings (SSSR count). The van der Waals surface area contributed by atoms with Crippen LogP contribution in [0.25, 0.3) is 11.2 Å². The molecular weight excluding hydrogens is 316 g/mol. The zero-order chi connectivity index (χ0) is 17.2. The van der Waals surface area contributed by atoms with Crippen LogP contribution in [0.1, 0.15) is 36.0 Å². The highest BCUT2D eigenvalue weighted by Gasteiger charge is 2.29. The molecule has 0 N–H and O–H groups in total. The summed E-state index contributed by atoms with van der Waals surface area (Å²) in [5.41, 5.74) is 1.97. The molecule has 0 aliphatic carbocycles. The Hall–Kier alpha value is -2.76. The minimum absolute atomic E-state index is 0.0290. The van der Waals surface area contributed by atoms with Crippen molar-refractivity contribution in [1.82, 2.24) is 15.0 Å². The number of aromatic nitrogens is 3. The van der Waals surface area contributed by atoms with Gasteiger partial charge in [0.15, 0.2) is 23.0 Å². The molecule has 6 nitrogen and oxygen atoms in total. The van der Waals surface area contributed by atoms with Crippen LogP contribution in [0.4, 0.5) is 5.82 Å². The van der Waals surface area contributed by atoms with Crippen molar-refractivity contribution in [2.75, 3.05) is 18.0 Å². The van der Waals surface area contributed by atoms with Crippen LogP contribution in [0.3, 0.4) is 0 Å². The van der Waals surface area contributed by atoms with E-state index >= 15 is 0 Å². The maximum Gasteiger partial charge on any atom is 0.252 e. The zero-order valence-corrected chi connectivity index (χ0v) is 14.2. The highest BCUT2D eigenvalue weighted by Crippen LogP contribution is 2.28. The maximum absolute atomic E-state index is 12.8. The van der Waals surface area contributed by atoms with E-state index in [-0.39, 0.29) is 11.7 Å². The topological polar surface area (TPSA) is 72.1 Å². The summed E-state index contributed by atoms with van der Waals surface area (Å²) in [4.78, 5) is 28.1. The molecule has 1 atom stereocenters. The molecule has 128 valence electrons. The van der Waals surface area contributed by atoms with Crippen molar-refractivity contribution in [3.05, 3.63) is 48.1 Å². The zero-order valence-electron chi connectivity index (χ0n) is 14.2. The molecule has 1 aromatic carbocycles. The highest BCUT2D eigenvalue weighted by molar-refractivity contribution is 5.98. The van der Waals surface area contributed by atoms with Crippen molar-refractivity contribution in [1.29, 1.82) is 0 Å². The van der Waals surface area contributed by atoms with Crippen LogP contribution in [0.15, 0.2) is 41.1 Å². The number of rotatable bonds is 4. The van der Waals surface area contributed by atoms with Crippen LogP contribution >= 0.6 is 0 Å². The standard InChI is InChI=1S/C19H20N4O2/c1-2-15-22-16-18(20-12-21-19(16)25-15)23-10-6-9-14(11-23)17(24)13-7-4-3-5-8-13/h3-5,7-8,12,14H,2,6,9-11H2,1H3. The van der Waals surface area contributed by atoms with Gasteiger partial charge in [0.1, 0.15) is 6.33 Å². The Morgan fingerprint density at radius 3 is 2.92 bits per heavy atom. The Bertz CT molecular complexity index is 891. The molecule has 2 aromatic heterocycles. The molecule has 1 aliphatic rings. The van der Waals surface area contributed by atoms with E-state index in [2.05, 4.69) is 19.9 Å². The third-order valence-electron chi connectivity index (χ3n) is 4.67. The average Bonchev–Trinajstić information content (AvgIpc) is 3.11. The number of ketones is 1. The number of nitrogens with zero attached hydrogens (tertiary/aromatic N) is 4. The molecule has 0 amide bonds. The summed E-state index contributed by atoms with van der Waals surface area (Å²) in [5, 5.41) is 0. The second-order valence-electron chi connectivity index (χ2n) is 6.33. The van der Waals surface area contributed by atoms with E-state index in [9.17, 15) is 4.79 Å². The lowest BCUT2D eigenvalue weighted by molar-refractivity contribution is 0.0907. The minimum atomic E-state index is -0.0290. The number of anilines is 1. The summed E-state index contributed by atoms with van der Waals surface area (Å²) in [6.07, 6.45) is 4.07. The third kappa shape index (κ3) is 2.99. The van der Waals surface area contributed by atoms with Gasteiger partial charge in [-0.25, -0.2) is 9.97 Å². The molecule has 1 aliphatic heterocycles. The van der Waals surface area contributed by atoms with Crippen molar-refractivity contribution in [2.45, 2.75) is 26.2 Å². The molecule has 0 bridgehead atoms. The van der Waals surface area contributed by atoms with Gasteiger partial charge in [-0.1, -0.05) is 37.3 Å². The number of fused-ring (bicyclic) bond motifs is 1. The number of hydrogen-bond acceptors (Lipinski definition) is 6. The van der Waals surface area contributed by atoms with Crippen LogP contribution in [0, 0.1) is 5.92 Å². The van der Waals surface area contributed by atoms with Gasteiger partial charge < -0.3 is 9.32 Å². The molecule has 6 heteroatoms. The summed E-state index contributed by atoms with van der Waals surface area (Å²) >= 11 is 0. The Kier molecular flexibility index (Phi) is 4.17. The lowest BCUT2D eigenvalue weighted by Gasteiger charge is -2.32. The molecule has 0 radical (unpaired) electrons. The molecule has 0 spiro atoms. The van der Waals surface area contributed by atoms with E-state index in [4.69, 9.17) is 4.42 Å². The van der Waals surface area contributed by atoms with Gasteiger partial charge in [0.2, 0.25) is 0 Å². The molecule has 1 fully saturated rings. The van der Waals surface area contributed by atoms with Crippen LogP contribution < -0.4 is 4.90 Å². The number of carbonyl (C=O) groups excluding carboxylic acids is 1. The second kappa shape index (κ2) is 6.63. The van der Waals surface area contributed by atoms with E-state index in [0.717, 1.165) is 30.8 Å². The van der Waals surface area contributed by atoms with E-state index in [1.165, 1.54) is 6.33 Å². The van der Waals surface area contributed by atoms with Crippen molar-refractivity contribution in [2.24, 2.45) is 5.92 Å². The van der Waals surface area contributed by atoms with Crippen molar-refractivity contribution in [3.8, 4) is 0 Å². The summed E-state index contributed by atoms with van der Waals surface area (Å²) in [6.45, 7) is 3.50. The Morgan fingerprint density at radius 2 is 2.12 bits per heavy atom. The van der Waals surface area contributed by atoms with Gasteiger partial charge in [-0.15, -0.1) is 0 Å². The van der Waals surface area contributed by atoms with Crippen molar-refractivity contribution in [3.63, 3.8) is 0 Å². The molecule has 3 aromatic rings. The predicted octanol–water partition coefficient (Wildman–Crippen LogP) is 3.28. The van der Waals surface area contributed by atoms with E-state index in [0.29, 0.717) is 30.1 Å². The summed E-state index contributed by atoms with van der Waals surface area (Å²) < 4.78 is 5.64. The smallest absolute Gasteiger partial charge is 0.252 e. The van der Waals surface area contributed by atoms with Crippen LogP contribution in [0.2, 0.25) is 0 Å². The van der Waals surface area contributed by atoms with E-state index < -0.39 is 0 Å². The molecule has 1 saturated heterocycles. The fraction of sp³-hybridized carbons (Fsp3) is 0.368. The fourth-order valence-corrected chi connectivity index (χ4v) is 3.39. The first kappa shape index (κ1) is 15.7. The van der Waals surface area contributed by atoms with Crippen LogP contribution in [-0.2, 0) is 6.42 Å². The first-order valence-electron chi connectivity index (χ1n) is 8.71.